The molecule has 38 heavy (non-hydrogen) atoms. The summed E-state index contributed by atoms with van der Waals surface area (Å²) in [7, 11) is 0. The van der Waals surface area contributed by atoms with Gasteiger partial charge in [0.15, 0.2) is 0 Å². The lowest BCUT2D eigenvalue weighted by Gasteiger charge is -2.31. The number of pyridine rings is 1. The van der Waals surface area contributed by atoms with Crippen LogP contribution in [-0.4, -0.2) is 52.9 Å². The van der Waals surface area contributed by atoms with E-state index in [2.05, 4.69) is 39.9 Å². The molecule has 2 aliphatic rings. The van der Waals surface area contributed by atoms with Crippen LogP contribution in [0.25, 0.3) is 0 Å². The molecule has 1 aliphatic heterocycles. The van der Waals surface area contributed by atoms with Gasteiger partial charge < -0.3 is 19.8 Å². The molecule has 0 radical (unpaired) electrons. The normalized spacial score (nSPS) is 18.0. The minimum Gasteiger partial charge on any atom is -0.508 e. The second kappa shape index (κ2) is 12.5. The van der Waals surface area contributed by atoms with Crippen LogP contribution in [0.1, 0.15) is 67.2 Å². The van der Waals surface area contributed by atoms with Crippen molar-refractivity contribution in [1.29, 1.82) is 0 Å². The molecule has 6 nitrogen and oxygen atoms in total. The number of likely N-dealkylation sites (tertiary alicyclic amines) is 1. The van der Waals surface area contributed by atoms with E-state index in [1.807, 2.05) is 24.4 Å². The van der Waals surface area contributed by atoms with Gasteiger partial charge in [-0.3, -0.25) is 4.90 Å². The zero-order valence-corrected chi connectivity index (χ0v) is 22.6. The van der Waals surface area contributed by atoms with E-state index in [1.165, 1.54) is 55.5 Å². The van der Waals surface area contributed by atoms with Gasteiger partial charge in [-0.15, -0.1) is 0 Å². The summed E-state index contributed by atoms with van der Waals surface area (Å²) in [6.45, 7) is 7.67. The molecule has 0 saturated carbocycles. The lowest BCUT2D eigenvalue weighted by Crippen LogP contribution is -2.29. The summed E-state index contributed by atoms with van der Waals surface area (Å²) in [5.41, 5.74) is 6.01. The van der Waals surface area contributed by atoms with Crippen molar-refractivity contribution >= 4 is 5.69 Å². The van der Waals surface area contributed by atoms with Gasteiger partial charge in [0.1, 0.15) is 18.1 Å². The monoisotopic (exact) mass is 515 g/mol. The first-order valence-corrected chi connectivity index (χ1v) is 14.3. The summed E-state index contributed by atoms with van der Waals surface area (Å²) in [4.78, 5) is 9.41. The highest BCUT2D eigenvalue weighted by molar-refractivity contribution is 5.59. The molecule has 1 fully saturated rings. The summed E-state index contributed by atoms with van der Waals surface area (Å²) in [6.07, 6.45) is 10.1. The standard InChI is InChI=1S/C32H41N3O3/c1-2-35(23-24-7-14-32(33-22-24)38-18-17-34-15-5-3-4-6-16-34)31-21-29(37)12-13-30(31)27-9-8-26-20-28(36)11-10-25(26)19-27/h7,10-14,20-22,27,36-37H,2-6,8-9,15-19,23H2,1H3. The maximum atomic E-state index is 10.4. The van der Waals surface area contributed by atoms with Crippen molar-refractivity contribution in [3.05, 3.63) is 77.0 Å². The highest BCUT2D eigenvalue weighted by Crippen LogP contribution is 2.40. The zero-order valence-electron chi connectivity index (χ0n) is 22.6. The van der Waals surface area contributed by atoms with Crippen LogP contribution in [0.5, 0.6) is 17.4 Å². The van der Waals surface area contributed by atoms with E-state index in [0.717, 1.165) is 43.6 Å². The molecule has 5 rings (SSSR count). The lowest BCUT2D eigenvalue weighted by atomic mass is 9.79. The molecule has 0 amide bonds. The number of nitrogens with zero attached hydrogens (tertiary/aromatic N) is 3. The number of phenolic OH excluding ortho intramolecular Hbond substituents is 2. The van der Waals surface area contributed by atoms with Crippen LogP contribution in [0.3, 0.4) is 0 Å². The molecule has 0 bridgehead atoms. The van der Waals surface area contributed by atoms with E-state index in [0.29, 0.717) is 30.7 Å². The number of hydrogen-bond acceptors (Lipinski definition) is 6. The molecule has 3 aromatic rings. The first-order valence-electron chi connectivity index (χ1n) is 14.3. The molecule has 1 saturated heterocycles. The van der Waals surface area contributed by atoms with Gasteiger partial charge in [-0.2, -0.15) is 0 Å². The van der Waals surface area contributed by atoms with E-state index in [9.17, 15) is 10.2 Å². The molecular formula is C32H41N3O3. The summed E-state index contributed by atoms with van der Waals surface area (Å²) in [6, 6.07) is 15.6. The number of anilines is 1. The third kappa shape index (κ3) is 6.60. The predicted molar refractivity (Wildman–Crippen MR) is 152 cm³/mol. The average Bonchev–Trinajstić information content (AvgIpc) is 3.21. The number of rotatable bonds is 9. The van der Waals surface area contributed by atoms with E-state index in [-0.39, 0.29) is 5.75 Å². The first kappa shape index (κ1) is 26.4. The highest BCUT2D eigenvalue weighted by atomic mass is 16.5. The lowest BCUT2D eigenvalue weighted by molar-refractivity contribution is 0.209. The SMILES string of the molecule is CCN(Cc1ccc(OCCN2CCCCCC2)nc1)c1cc(O)ccc1C1CCc2cc(O)ccc2C1. The van der Waals surface area contributed by atoms with Gasteiger partial charge in [0, 0.05) is 43.7 Å². The number of ether oxygens (including phenoxy) is 1. The highest BCUT2D eigenvalue weighted by Gasteiger charge is 2.24. The largest absolute Gasteiger partial charge is 0.508 e. The fraction of sp³-hybridized carbons (Fsp3) is 0.469. The minimum absolute atomic E-state index is 0.287. The topological polar surface area (TPSA) is 69.1 Å². The van der Waals surface area contributed by atoms with Gasteiger partial charge in [0.2, 0.25) is 5.88 Å². The van der Waals surface area contributed by atoms with Crippen LogP contribution in [0.2, 0.25) is 0 Å². The van der Waals surface area contributed by atoms with Crippen LogP contribution in [0.4, 0.5) is 5.69 Å². The molecule has 1 aliphatic carbocycles. The number of fused-ring (bicyclic) bond motifs is 1. The number of aromatic hydroxyl groups is 2. The Bertz CT molecular complexity index is 1190. The van der Waals surface area contributed by atoms with Crippen molar-refractivity contribution in [3.8, 4) is 17.4 Å². The molecule has 0 spiro atoms. The van der Waals surface area contributed by atoms with E-state index in [1.54, 1.807) is 12.1 Å². The van der Waals surface area contributed by atoms with Gasteiger partial charge in [-0.25, -0.2) is 4.98 Å². The molecule has 1 aromatic heterocycles. The average molecular weight is 516 g/mol. The van der Waals surface area contributed by atoms with Crippen molar-refractivity contribution in [3.63, 3.8) is 0 Å². The van der Waals surface area contributed by atoms with E-state index < -0.39 is 0 Å². The Morgan fingerprint density at radius 3 is 2.50 bits per heavy atom. The summed E-state index contributed by atoms with van der Waals surface area (Å²) in [5.74, 6) is 1.67. The van der Waals surface area contributed by atoms with Crippen molar-refractivity contribution in [1.82, 2.24) is 9.88 Å². The molecule has 2 N–H and O–H groups in total. The van der Waals surface area contributed by atoms with Crippen LogP contribution >= 0.6 is 0 Å². The van der Waals surface area contributed by atoms with Crippen molar-refractivity contribution in [2.24, 2.45) is 0 Å². The summed E-state index contributed by atoms with van der Waals surface area (Å²) in [5, 5.41) is 20.2. The molecular weight excluding hydrogens is 474 g/mol. The van der Waals surface area contributed by atoms with Gasteiger partial charge in [-0.1, -0.05) is 31.0 Å². The Morgan fingerprint density at radius 2 is 1.74 bits per heavy atom. The number of benzene rings is 2. The molecule has 2 aromatic carbocycles. The maximum Gasteiger partial charge on any atom is 0.213 e. The fourth-order valence-electron chi connectivity index (χ4n) is 5.97. The van der Waals surface area contributed by atoms with Gasteiger partial charge >= 0.3 is 0 Å². The number of hydrogen-bond donors (Lipinski definition) is 2. The smallest absolute Gasteiger partial charge is 0.213 e. The molecule has 6 heteroatoms. The summed E-state index contributed by atoms with van der Waals surface area (Å²) >= 11 is 0. The predicted octanol–water partition coefficient (Wildman–Crippen LogP) is 6.05. The second-order valence-electron chi connectivity index (χ2n) is 10.8. The number of aryl methyl sites for hydroxylation is 1. The van der Waals surface area contributed by atoms with Crippen LogP contribution in [-0.2, 0) is 19.4 Å². The molecule has 2 heterocycles. The van der Waals surface area contributed by atoms with Crippen LogP contribution < -0.4 is 9.64 Å². The number of phenols is 2. The maximum absolute atomic E-state index is 10.4. The third-order valence-corrected chi connectivity index (χ3v) is 8.12. The van der Waals surface area contributed by atoms with E-state index in [4.69, 9.17) is 4.74 Å². The quantitative estimate of drug-likeness (QED) is 0.362. The Morgan fingerprint density at radius 1 is 0.947 bits per heavy atom. The first-order chi connectivity index (χ1) is 18.6. The fourth-order valence-corrected chi connectivity index (χ4v) is 5.97. The van der Waals surface area contributed by atoms with Crippen molar-refractivity contribution in [2.45, 2.75) is 64.3 Å². The molecule has 1 unspecified atom stereocenters. The Kier molecular flexibility index (Phi) is 8.69. The van der Waals surface area contributed by atoms with Crippen LogP contribution in [0, 0.1) is 0 Å². The summed E-state index contributed by atoms with van der Waals surface area (Å²) < 4.78 is 5.96. The Hall–Kier alpha value is -3.25. The van der Waals surface area contributed by atoms with Crippen LogP contribution in [0.15, 0.2) is 54.7 Å². The van der Waals surface area contributed by atoms with Gasteiger partial charge in [0.05, 0.1) is 0 Å². The zero-order chi connectivity index (χ0) is 26.3. The minimum atomic E-state index is 0.287. The molecule has 202 valence electrons. The van der Waals surface area contributed by atoms with Gasteiger partial charge in [-0.05, 0) is 98.5 Å². The number of aromatic nitrogens is 1. The second-order valence-corrected chi connectivity index (χ2v) is 10.8. The molecule has 1 atom stereocenters. The Labute approximate surface area is 226 Å². The van der Waals surface area contributed by atoms with Gasteiger partial charge in [0.25, 0.3) is 0 Å². The van der Waals surface area contributed by atoms with Crippen molar-refractivity contribution in [2.75, 3.05) is 37.7 Å². The van der Waals surface area contributed by atoms with E-state index >= 15 is 0 Å². The van der Waals surface area contributed by atoms with Crippen molar-refractivity contribution < 1.29 is 14.9 Å². The Balaban J connectivity index is 1.24. The third-order valence-electron chi connectivity index (χ3n) is 8.12.